The third-order valence-corrected chi connectivity index (χ3v) is 12.4. The first kappa shape index (κ1) is 37.6. The SMILES string of the molecule is Cn1nc(C2CCCCC2)c2ccc(O)cc21.Oc1ccc2c(C3CCCCC3)n[nH]c2c1.Oc1ccc2c(C3CCCCC3)nn(Cc3ccccc3)c2c1. The summed E-state index contributed by atoms with van der Waals surface area (Å²) < 4.78 is 3.94. The Bertz CT molecular complexity index is 2360. The van der Waals surface area contributed by atoms with E-state index in [1.807, 2.05) is 46.7 Å². The van der Waals surface area contributed by atoms with Gasteiger partial charge in [-0.05, 0) is 80.5 Å². The predicted molar refractivity (Wildman–Crippen MR) is 225 cm³/mol. The van der Waals surface area contributed by atoms with E-state index in [4.69, 9.17) is 5.10 Å². The van der Waals surface area contributed by atoms with Crippen molar-refractivity contribution in [2.45, 2.75) is 121 Å². The van der Waals surface area contributed by atoms with Crippen LogP contribution < -0.4 is 0 Å². The Morgan fingerprint density at radius 3 is 1.61 bits per heavy atom. The minimum Gasteiger partial charge on any atom is -0.508 e. The van der Waals surface area contributed by atoms with Crippen LogP contribution in [-0.2, 0) is 13.6 Å². The Kier molecular flexibility index (Phi) is 11.6. The first-order chi connectivity index (χ1) is 27.4. The normalized spacial score (nSPS) is 17.1. The predicted octanol–water partition coefficient (Wildman–Crippen LogP) is 11.5. The Labute approximate surface area is 329 Å². The fraction of sp³-hybridized carbons (Fsp3) is 0.426. The average Bonchev–Trinajstić information content (AvgIpc) is 3.92. The molecule has 56 heavy (non-hydrogen) atoms. The molecule has 0 radical (unpaired) electrons. The van der Waals surface area contributed by atoms with Crippen molar-refractivity contribution in [3.05, 3.63) is 108 Å². The van der Waals surface area contributed by atoms with Crippen molar-refractivity contribution < 1.29 is 15.3 Å². The van der Waals surface area contributed by atoms with E-state index in [2.05, 4.69) is 39.6 Å². The number of phenols is 3. The Balaban J connectivity index is 0.000000121. The van der Waals surface area contributed by atoms with E-state index in [0.29, 0.717) is 35.0 Å². The highest BCUT2D eigenvalue weighted by molar-refractivity contribution is 5.85. The third-order valence-electron chi connectivity index (χ3n) is 12.4. The number of H-pyrrole nitrogens is 1. The molecule has 3 aliphatic rings. The molecule has 0 aliphatic heterocycles. The van der Waals surface area contributed by atoms with Gasteiger partial charge in [-0.1, -0.05) is 88.1 Å². The van der Waals surface area contributed by atoms with Crippen molar-refractivity contribution in [3.63, 3.8) is 0 Å². The second-order valence-corrected chi connectivity index (χ2v) is 16.3. The van der Waals surface area contributed by atoms with Gasteiger partial charge in [-0.15, -0.1) is 0 Å². The summed E-state index contributed by atoms with van der Waals surface area (Å²) in [6.07, 6.45) is 19.4. The van der Waals surface area contributed by atoms with Crippen LogP contribution in [0.4, 0.5) is 0 Å². The quantitative estimate of drug-likeness (QED) is 0.139. The van der Waals surface area contributed by atoms with Gasteiger partial charge in [0.05, 0.1) is 40.2 Å². The molecule has 4 N–H and O–H groups in total. The summed E-state index contributed by atoms with van der Waals surface area (Å²) in [5, 5.41) is 49.5. The standard InChI is InChI=1S/C20H22N2O.C14H18N2O.C13H16N2O/c23-17-11-12-18-19(13-17)22(14-15-7-3-1-4-8-15)21-20(18)16-9-5-2-6-10-16;1-16-13-9-11(17)7-8-12(13)14(15-16)10-5-3-2-4-6-10;16-10-6-7-11-12(8-10)14-15-13(11)9-4-2-1-3-5-9/h1,3-4,7-8,11-13,16,23H,2,5-6,9-10,14H2;7-10,17H,2-6H2,1H3;6-9,16H,1-5H2,(H,14,15). The largest absolute Gasteiger partial charge is 0.508 e. The molecular formula is C47H56N6O3. The highest BCUT2D eigenvalue weighted by Crippen LogP contribution is 2.39. The smallest absolute Gasteiger partial charge is 0.117 e. The van der Waals surface area contributed by atoms with Crippen LogP contribution in [0.3, 0.4) is 0 Å². The number of hydrogen-bond donors (Lipinski definition) is 4. The molecule has 0 unspecified atom stereocenters. The van der Waals surface area contributed by atoms with Gasteiger partial charge < -0.3 is 15.3 Å². The highest BCUT2D eigenvalue weighted by Gasteiger charge is 2.24. The van der Waals surface area contributed by atoms with E-state index >= 15 is 0 Å². The summed E-state index contributed by atoms with van der Waals surface area (Å²) >= 11 is 0. The molecule has 3 saturated carbocycles. The molecule has 0 bridgehead atoms. The number of nitrogens with zero attached hydrogens (tertiary/aromatic N) is 5. The van der Waals surface area contributed by atoms with Crippen molar-refractivity contribution in [3.8, 4) is 17.2 Å². The third kappa shape index (κ3) is 8.42. The minimum absolute atomic E-state index is 0.298. The topological polar surface area (TPSA) is 125 Å². The number of benzene rings is 4. The molecule has 292 valence electrons. The minimum atomic E-state index is 0.298. The highest BCUT2D eigenvalue weighted by atomic mass is 16.3. The van der Waals surface area contributed by atoms with Crippen LogP contribution in [0.15, 0.2) is 84.9 Å². The van der Waals surface area contributed by atoms with Crippen LogP contribution in [0.2, 0.25) is 0 Å². The van der Waals surface area contributed by atoms with Crippen LogP contribution in [0.5, 0.6) is 17.2 Å². The Morgan fingerprint density at radius 2 is 1.02 bits per heavy atom. The summed E-state index contributed by atoms with van der Waals surface area (Å²) in [4.78, 5) is 0. The average molecular weight is 753 g/mol. The molecule has 0 saturated heterocycles. The molecule has 7 aromatic rings. The lowest BCUT2D eigenvalue weighted by molar-refractivity contribution is 0.434. The van der Waals surface area contributed by atoms with E-state index in [-0.39, 0.29) is 0 Å². The molecule has 0 spiro atoms. The number of aromatic hydroxyl groups is 3. The van der Waals surface area contributed by atoms with E-state index < -0.39 is 0 Å². The Morgan fingerprint density at radius 1 is 0.536 bits per heavy atom. The number of aromatic amines is 1. The maximum absolute atomic E-state index is 9.90. The van der Waals surface area contributed by atoms with E-state index in [0.717, 1.165) is 23.1 Å². The zero-order valence-corrected chi connectivity index (χ0v) is 32.7. The fourth-order valence-corrected chi connectivity index (χ4v) is 9.41. The summed E-state index contributed by atoms with van der Waals surface area (Å²) in [7, 11) is 1.95. The van der Waals surface area contributed by atoms with Gasteiger partial charge in [-0.2, -0.15) is 15.3 Å². The van der Waals surface area contributed by atoms with Gasteiger partial charge in [0, 0.05) is 59.2 Å². The van der Waals surface area contributed by atoms with Crippen molar-refractivity contribution in [1.82, 2.24) is 29.8 Å². The maximum Gasteiger partial charge on any atom is 0.117 e. The lowest BCUT2D eigenvalue weighted by Gasteiger charge is -2.19. The number of hydrogen-bond acceptors (Lipinski definition) is 6. The number of aryl methyl sites for hydroxylation is 1. The molecule has 10 rings (SSSR count). The lowest BCUT2D eigenvalue weighted by Crippen LogP contribution is -2.07. The summed E-state index contributed by atoms with van der Waals surface area (Å²) in [6, 6.07) is 27.1. The van der Waals surface area contributed by atoms with E-state index in [1.54, 1.807) is 30.3 Å². The number of phenolic OH excluding ortho intramolecular Hbond substituents is 3. The van der Waals surface area contributed by atoms with Crippen LogP contribution >= 0.6 is 0 Å². The van der Waals surface area contributed by atoms with Crippen molar-refractivity contribution in [1.29, 1.82) is 0 Å². The molecular weight excluding hydrogens is 697 g/mol. The molecule has 3 aromatic heterocycles. The monoisotopic (exact) mass is 752 g/mol. The number of aromatic nitrogens is 6. The second kappa shape index (κ2) is 17.2. The molecule has 0 amide bonds. The molecule has 3 fully saturated rings. The van der Waals surface area contributed by atoms with Crippen molar-refractivity contribution in [2.75, 3.05) is 0 Å². The molecule has 3 heterocycles. The molecule has 9 nitrogen and oxygen atoms in total. The first-order valence-corrected chi connectivity index (χ1v) is 21.0. The molecule has 9 heteroatoms. The molecule has 0 atom stereocenters. The fourth-order valence-electron chi connectivity index (χ4n) is 9.41. The zero-order chi connectivity index (χ0) is 38.4. The first-order valence-electron chi connectivity index (χ1n) is 21.0. The van der Waals surface area contributed by atoms with Crippen molar-refractivity contribution >= 4 is 32.7 Å². The number of nitrogens with one attached hydrogen (secondary N) is 1. The summed E-state index contributed by atoms with van der Waals surface area (Å²) in [6.45, 7) is 0.744. The van der Waals surface area contributed by atoms with Gasteiger partial charge in [0.15, 0.2) is 0 Å². The van der Waals surface area contributed by atoms with Crippen molar-refractivity contribution in [2.24, 2.45) is 7.05 Å². The molecule has 3 aliphatic carbocycles. The van der Waals surface area contributed by atoms with Crippen LogP contribution in [0.25, 0.3) is 32.7 Å². The summed E-state index contributed by atoms with van der Waals surface area (Å²) in [5.74, 6) is 2.70. The van der Waals surface area contributed by atoms with Gasteiger partial charge in [0.25, 0.3) is 0 Å². The van der Waals surface area contributed by atoms with Crippen LogP contribution in [-0.4, -0.2) is 45.1 Å². The van der Waals surface area contributed by atoms with Gasteiger partial charge in [-0.3, -0.25) is 14.5 Å². The lowest BCUT2D eigenvalue weighted by atomic mass is 9.86. The van der Waals surface area contributed by atoms with E-state index in [9.17, 15) is 15.3 Å². The van der Waals surface area contributed by atoms with E-state index in [1.165, 1.54) is 135 Å². The van der Waals surface area contributed by atoms with Crippen LogP contribution in [0.1, 0.15) is 137 Å². The van der Waals surface area contributed by atoms with Gasteiger partial charge in [0.2, 0.25) is 0 Å². The van der Waals surface area contributed by atoms with Gasteiger partial charge >= 0.3 is 0 Å². The molecule has 4 aromatic carbocycles. The zero-order valence-electron chi connectivity index (χ0n) is 32.7. The van der Waals surface area contributed by atoms with Crippen LogP contribution in [0, 0.1) is 0 Å². The summed E-state index contributed by atoms with van der Waals surface area (Å²) in [5.41, 5.74) is 7.88. The maximum atomic E-state index is 9.90. The number of rotatable bonds is 5. The van der Waals surface area contributed by atoms with Gasteiger partial charge in [0.1, 0.15) is 17.2 Å². The number of fused-ring (bicyclic) bond motifs is 3. The Hall–Kier alpha value is -5.31. The second-order valence-electron chi connectivity index (χ2n) is 16.3. The van der Waals surface area contributed by atoms with Gasteiger partial charge in [-0.25, -0.2) is 0 Å².